The van der Waals surface area contributed by atoms with Crippen LogP contribution in [0.1, 0.15) is 33.3 Å². The molecule has 1 aromatic rings. The second-order valence-electron chi connectivity index (χ2n) is 5.78. The minimum atomic E-state index is -0.678. The molecule has 0 radical (unpaired) electrons. The number of carbonyl (C=O) groups excluding carboxylic acids is 2. The number of non-ortho nitro benzene ring substituents is 1. The van der Waals surface area contributed by atoms with Gasteiger partial charge < -0.3 is 9.64 Å². The summed E-state index contributed by atoms with van der Waals surface area (Å²) in [5.74, 6) is -0.945. The number of benzene rings is 1. The van der Waals surface area contributed by atoms with Gasteiger partial charge in [0, 0.05) is 30.3 Å². The van der Waals surface area contributed by atoms with Gasteiger partial charge in [-0.15, -0.1) is 0 Å². The first kappa shape index (κ1) is 19.3. The summed E-state index contributed by atoms with van der Waals surface area (Å²) < 4.78 is 4.93. The Balaban J connectivity index is 2.62. The number of esters is 1. The minimum Gasteiger partial charge on any atom is -0.452 e. The van der Waals surface area contributed by atoms with E-state index in [0.717, 1.165) is 6.08 Å². The number of carbonyl (C=O) groups is 2. The summed E-state index contributed by atoms with van der Waals surface area (Å²) in [6, 6.07) is 5.87. The average molecular weight is 334 g/mol. The van der Waals surface area contributed by atoms with Gasteiger partial charge in [-0.2, -0.15) is 0 Å². The Bertz CT molecular complexity index is 630. The molecule has 0 N–H and O–H groups in total. The number of ether oxygens (including phenoxy) is 1. The van der Waals surface area contributed by atoms with Crippen LogP contribution in [-0.4, -0.2) is 40.4 Å². The summed E-state index contributed by atoms with van der Waals surface area (Å²) in [5.41, 5.74) is 0.434. The summed E-state index contributed by atoms with van der Waals surface area (Å²) in [6.45, 7) is 7.22. The van der Waals surface area contributed by atoms with Gasteiger partial charge in [-0.25, -0.2) is 4.79 Å². The van der Waals surface area contributed by atoms with Crippen LogP contribution < -0.4 is 0 Å². The van der Waals surface area contributed by atoms with Crippen molar-refractivity contribution >= 4 is 23.6 Å². The van der Waals surface area contributed by atoms with Crippen LogP contribution in [-0.2, 0) is 14.3 Å². The molecule has 1 aromatic carbocycles. The fourth-order valence-electron chi connectivity index (χ4n) is 2.33. The fourth-order valence-corrected chi connectivity index (χ4v) is 2.33. The molecular formula is C17H22N2O5. The third kappa shape index (κ3) is 5.83. The molecule has 0 atom stereocenters. The molecule has 0 heterocycles. The number of nitro benzene ring substituents is 1. The third-order valence-corrected chi connectivity index (χ3v) is 3.23. The summed E-state index contributed by atoms with van der Waals surface area (Å²) in [7, 11) is 0. The molecule has 0 aliphatic heterocycles. The normalized spacial score (nSPS) is 11.1. The summed E-state index contributed by atoms with van der Waals surface area (Å²) >= 11 is 0. The Morgan fingerprint density at radius 1 is 1.25 bits per heavy atom. The van der Waals surface area contributed by atoms with E-state index in [2.05, 4.69) is 0 Å². The van der Waals surface area contributed by atoms with E-state index >= 15 is 0 Å². The van der Waals surface area contributed by atoms with E-state index in [9.17, 15) is 19.7 Å². The number of amides is 1. The van der Waals surface area contributed by atoms with Gasteiger partial charge in [0.05, 0.1) is 4.92 Å². The summed E-state index contributed by atoms with van der Waals surface area (Å²) in [6.07, 6.45) is 2.55. The summed E-state index contributed by atoms with van der Waals surface area (Å²) in [4.78, 5) is 35.6. The number of hydrogen-bond acceptors (Lipinski definition) is 5. The Morgan fingerprint density at radius 3 is 2.42 bits per heavy atom. The van der Waals surface area contributed by atoms with Crippen molar-refractivity contribution in [2.75, 3.05) is 6.61 Å². The Kier molecular flexibility index (Phi) is 7.10. The smallest absolute Gasteiger partial charge is 0.331 e. The van der Waals surface area contributed by atoms with E-state index in [0.29, 0.717) is 5.56 Å². The van der Waals surface area contributed by atoms with Crippen molar-refractivity contribution < 1.29 is 19.2 Å². The highest BCUT2D eigenvalue weighted by atomic mass is 16.6. The maximum Gasteiger partial charge on any atom is 0.331 e. The van der Waals surface area contributed by atoms with Gasteiger partial charge in [0.15, 0.2) is 6.61 Å². The largest absolute Gasteiger partial charge is 0.452 e. The molecule has 0 bridgehead atoms. The Morgan fingerprint density at radius 2 is 1.88 bits per heavy atom. The van der Waals surface area contributed by atoms with Crippen LogP contribution >= 0.6 is 0 Å². The van der Waals surface area contributed by atoms with Crippen LogP contribution in [0.5, 0.6) is 0 Å². The second-order valence-corrected chi connectivity index (χ2v) is 5.78. The molecular weight excluding hydrogens is 312 g/mol. The van der Waals surface area contributed by atoms with Crippen LogP contribution in [0.15, 0.2) is 30.3 Å². The molecule has 0 spiro atoms. The van der Waals surface area contributed by atoms with Crippen molar-refractivity contribution in [1.29, 1.82) is 0 Å². The maximum absolute atomic E-state index is 12.1. The molecule has 7 heteroatoms. The molecule has 0 aromatic heterocycles. The molecule has 0 fully saturated rings. The minimum absolute atomic E-state index is 0.0108. The monoisotopic (exact) mass is 334 g/mol. The molecule has 0 saturated heterocycles. The van der Waals surface area contributed by atoms with Gasteiger partial charge in [0.1, 0.15) is 0 Å². The molecule has 1 rings (SSSR count). The van der Waals surface area contributed by atoms with E-state index in [4.69, 9.17) is 4.74 Å². The number of nitrogens with zero attached hydrogens (tertiary/aromatic N) is 2. The first-order valence-corrected chi connectivity index (χ1v) is 7.62. The lowest BCUT2D eigenvalue weighted by Crippen LogP contribution is -2.44. The Labute approximate surface area is 141 Å². The highest BCUT2D eigenvalue weighted by Gasteiger charge is 2.20. The van der Waals surface area contributed by atoms with Crippen LogP contribution in [0.2, 0.25) is 0 Å². The van der Waals surface area contributed by atoms with Crippen molar-refractivity contribution in [3.63, 3.8) is 0 Å². The predicted molar refractivity (Wildman–Crippen MR) is 90.2 cm³/mol. The molecule has 0 unspecified atom stereocenters. The van der Waals surface area contributed by atoms with Crippen molar-refractivity contribution in [1.82, 2.24) is 4.90 Å². The van der Waals surface area contributed by atoms with Crippen molar-refractivity contribution in [3.8, 4) is 0 Å². The average Bonchev–Trinajstić information content (AvgIpc) is 2.50. The topological polar surface area (TPSA) is 89.8 Å². The van der Waals surface area contributed by atoms with Gasteiger partial charge in [0.25, 0.3) is 11.6 Å². The zero-order chi connectivity index (χ0) is 18.3. The molecule has 0 aliphatic carbocycles. The third-order valence-electron chi connectivity index (χ3n) is 3.23. The quantitative estimate of drug-likeness (QED) is 0.331. The lowest BCUT2D eigenvalue weighted by atomic mass is 10.2. The second kappa shape index (κ2) is 8.81. The highest BCUT2D eigenvalue weighted by Crippen LogP contribution is 2.14. The van der Waals surface area contributed by atoms with Crippen LogP contribution in [0, 0.1) is 10.1 Å². The molecule has 7 nitrogen and oxygen atoms in total. The number of nitro groups is 1. The first-order valence-electron chi connectivity index (χ1n) is 7.62. The predicted octanol–water partition coefficient (Wildman–Crippen LogP) is 2.80. The zero-order valence-corrected chi connectivity index (χ0v) is 14.3. The zero-order valence-electron chi connectivity index (χ0n) is 14.3. The lowest BCUT2D eigenvalue weighted by molar-refractivity contribution is -0.384. The standard InChI is InChI=1S/C17H22N2O5/c1-12(2)18(13(3)4)16(20)11-24-17(21)9-8-14-6-5-7-15(10-14)19(22)23/h5-10,12-13H,11H2,1-4H3/b9-8+. The van der Waals surface area contributed by atoms with Crippen molar-refractivity contribution in [2.45, 2.75) is 39.8 Å². The molecule has 0 aliphatic rings. The van der Waals surface area contributed by atoms with Crippen LogP contribution in [0.3, 0.4) is 0 Å². The summed E-state index contributed by atoms with van der Waals surface area (Å²) in [5, 5.41) is 10.7. The number of hydrogen-bond donors (Lipinski definition) is 0. The van der Waals surface area contributed by atoms with E-state index in [1.807, 2.05) is 27.7 Å². The molecule has 1 amide bonds. The Hall–Kier alpha value is -2.70. The molecule has 0 saturated carbocycles. The van der Waals surface area contributed by atoms with E-state index in [1.54, 1.807) is 11.0 Å². The van der Waals surface area contributed by atoms with Crippen LogP contribution in [0.25, 0.3) is 6.08 Å². The van der Waals surface area contributed by atoms with Gasteiger partial charge >= 0.3 is 5.97 Å². The SMILES string of the molecule is CC(C)N(C(=O)COC(=O)/C=C/c1cccc([N+](=O)[O-])c1)C(C)C. The van der Waals surface area contributed by atoms with Gasteiger partial charge in [-0.3, -0.25) is 14.9 Å². The maximum atomic E-state index is 12.1. The first-order chi connectivity index (χ1) is 11.2. The molecule has 24 heavy (non-hydrogen) atoms. The number of rotatable bonds is 7. The van der Waals surface area contributed by atoms with Gasteiger partial charge in [-0.1, -0.05) is 12.1 Å². The highest BCUT2D eigenvalue weighted by molar-refractivity contribution is 5.89. The van der Waals surface area contributed by atoms with Crippen molar-refractivity contribution in [3.05, 3.63) is 46.0 Å². The van der Waals surface area contributed by atoms with E-state index in [-0.39, 0.29) is 30.3 Å². The van der Waals surface area contributed by atoms with E-state index < -0.39 is 10.9 Å². The lowest BCUT2D eigenvalue weighted by Gasteiger charge is -2.30. The molecule has 130 valence electrons. The fraction of sp³-hybridized carbons (Fsp3) is 0.412. The van der Waals surface area contributed by atoms with Crippen molar-refractivity contribution in [2.24, 2.45) is 0 Å². The van der Waals surface area contributed by atoms with Gasteiger partial charge in [-0.05, 0) is 39.3 Å². The van der Waals surface area contributed by atoms with Crippen LogP contribution in [0.4, 0.5) is 5.69 Å². The van der Waals surface area contributed by atoms with E-state index in [1.165, 1.54) is 24.3 Å². The van der Waals surface area contributed by atoms with Gasteiger partial charge in [0.2, 0.25) is 0 Å².